The Morgan fingerprint density at radius 2 is 0.750 bits per heavy atom. The summed E-state index contributed by atoms with van der Waals surface area (Å²) in [6, 6.07) is 0. The third-order valence-electron chi connectivity index (χ3n) is 0. The van der Waals surface area contributed by atoms with Crippen LogP contribution in [0.2, 0.25) is 0 Å². The van der Waals surface area contributed by atoms with Gasteiger partial charge >= 0.3 is 43.7 Å². The molecule has 0 unspecified atom stereocenters. The fourth-order valence-corrected chi connectivity index (χ4v) is 0. The Labute approximate surface area is 43.8 Å². The molecule has 0 aromatic rings. The van der Waals surface area contributed by atoms with E-state index in [1.54, 1.807) is 0 Å². The van der Waals surface area contributed by atoms with Crippen molar-refractivity contribution in [3.8, 4) is 0 Å². The maximum atomic E-state index is 8.14. The summed E-state index contributed by atoms with van der Waals surface area (Å²) < 4.78 is 16.3. The predicted molar refractivity (Wildman–Crippen MR) is 1.37 cm³/mol. The van der Waals surface area contributed by atoms with Crippen molar-refractivity contribution in [2.24, 2.45) is 0 Å². The van der Waals surface area contributed by atoms with Crippen LogP contribution in [0.5, 0.6) is 0 Å². The van der Waals surface area contributed by atoms with Gasteiger partial charge in [0.05, 0.1) is 0 Å². The topological polar surface area (TPSA) is 34.1 Å². The summed E-state index contributed by atoms with van der Waals surface area (Å²) in [6.45, 7) is 0. The van der Waals surface area contributed by atoms with E-state index in [9.17, 15) is 0 Å². The molecule has 0 heterocycles. The summed E-state index contributed by atoms with van der Waals surface area (Å²) in [5.41, 5.74) is 0. The number of rotatable bonds is 0. The SMILES string of the molecule is [O]=[Rh].[O]=[Rh]. The van der Waals surface area contributed by atoms with Crippen LogP contribution in [0.15, 0.2) is 0 Å². The molecule has 0 aromatic carbocycles. The quantitative estimate of drug-likeness (QED) is 0.545. The molecule has 0 aromatic heterocycles. The Hall–Kier alpha value is 0.847. The van der Waals surface area contributed by atoms with Gasteiger partial charge in [-0.2, -0.15) is 0 Å². The van der Waals surface area contributed by atoms with Gasteiger partial charge in [0.15, 0.2) is 0 Å². The molecule has 0 atom stereocenters. The van der Waals surface area contributed by atoms with Gasteiger partial charge in [-0.15, -0.1) is 0 Å². The first-order valence-electron chi connectivity index (χ1n) is 0.272. The second-order valence-electron chi connectivity index (χ2n) is 0. The van der Waals surface area contributed by atoms with Crippen molar-refractivity contribution in [1.82, 2.24) is 0 Å². The molecule has 0 saturated heterocycles. The van der Waals surface area contributed by atoms with Gasteiger partial charge in [-0.1, -0.05) is 0 Å². The van der Waals surface area contributed by atoms with E-state index in [2.05, 4.69) is 0 Å². The van der Waals surface area contributed by atoms with Crippen LogP contribution < -0.4 is 0 Å². The molecule has 30 valence electrons. The van der Waals surface area contributed by atoms with Gasteiger partial charge in [0.2, 0.25) is 0 Å². The molecule has 2 nitrogen and oxygen atoms in total. The van der Waals surface area contributed by atoms with Crippen LogP contribution in [-0.2, 0) is 43.7 Å². The van der Waals surface area contributed by atoms with Gasteiger partial charge in [0.1, 0.15) is 0 Å². The first-order valence-corrected chi connectivity index (χ1v) is 1.61. The van der Waals surface area contributed by atoms with Crippen molar-refractivity contribution < 1.29 is 43.7 Å². The van der Waals surface area contributed by atoms with Crippen LogP contribution in [0.4, 0.5) is 0 Å². The zero-order chi connectivity index (χ0) is 4.00. The molecule has 0 bridgehead atoms. The van der Waals surface area contributed by atoms with Crippen LogP contribution in [0.25, 0.3) is 0 Å². The monoisotopic (exact) mass is 238 g/mol. The third kappa shape index (κ3) is 13.5. The zero-order valence-electron chi connectivity index (χ0n) is 1.48. The first kappa shape index (κ1) is 8.85. The van der Waals surface area contributed by atoms with E-state index in [4.69, 9.17) is 7.15 Å². The Morgan fingerprint density at radius 3 is 0.750 bits per heavy atom. The van der Waals surface area contributed by atoms with E-state index >= 15 is 0 Å². The van der Waals surface area contributed by atoms with Gasteiger partial charge in [0.25, 0.3) is 0 Å². The molecule has 0 aliphatic rings. The molecule has 0 saturated carbocycles. The van der Waals surface area contributed by atoms with Gasteiger partial charge in [-0.3, -0.25) is 0 Å². The molecule has 0 fully saturated rings. The van der Waals surface area contributed by atoms with Gasteiger partial charge in [-0.05, 0) is 0 Å². The Kier molecular flexibility index (Phi) is 96.2. The third-order valence-corrected chi connectivity index (χ3v) is 0. The van der Waals surface area contributed by atoms with E-state index < -0.39 is 0 Å². The van der Waals surface area contributed by atoms with Crippen LogP contribution in [0.3, 0.4) is 0 Å². The standard InChI is InChI=1S/2O.2Rh. The van der Waals surface area contributed by atoms with E-state index in [1.165, 1.54) is 36.5 Å². The summed E-state index contributed by atoms with van der Waals surface area (Å²) in [5, 5.41) is 0. The van der Waals surface area contributed by atoms with Crippen LogP contribution in [0, 0.1) is 0 Å². The molecule has 0 aliphatic carbocycles. The van der Waals surface area contributed by atoms with Gasteiger partial charge in [-0.25, -0.2) is 0 Å². The van der Waals surface area contributed by atoms with Crippen molar-refractivity contribution in [1.29, 1.82) is 0 Å². The minimum atomic E-state index is 1.30. The van der Waals surface area contributed by atoms with Crippen LogP contribution in [-0.4, -0.2) is 0 Å². The van der Waals surface area contributed by atoms with Crippen molar-refractivity contribution >= 4 is 0 Å². The maximum absolute atomic E-state index is 8.14. The second kappa shape index (κ2) is 43.5. The molecule has 0 spiro atoms. The molecule has 0 aliphatic heterocycles. The summed E-state index contributed by atoms with van der Waals surface area (Å²) in [4.78, 5) is 0. The molecule has 0 radical (unpaired) electrons. The average molecular weight is 238 g/mol. The first-order chi connectivity index (χ1) is 2.00. The van der Waals surface area contributed by atoms with E-state index in [0.29, 0.717) is 0 Å². The van der Waals surface area contributed by atoms with E-state index in [-0.39, 0.29) is 0 Å². The molecule has 0 amide bonds. The van der Waals surface area contributed by atoms with Crippen molar-refractivity contribution in [3.63, 3.8) is 0 Å². The molecule has 0 rings (SSSR count). The van der Waals surface area contributed by atoms with Crippen LogP contribution in [0.1, 0.15) is 0 Å². The van der Waals surface area contributed by atoms with Crippen LogP contribution >= 0.6 is 0 Å². The Bertz CT molecular complexity index is 6.00. The normalized spacial score (nSPS) is 2.50. The number of hydrogen-bond donors (Lipinski definition) is 0. The van der Waals surface area contributed by atoms with Crippen molar-refractivity contribution in [2.75, 3.05) is 0 Å². The van der Waals surface area contributed by atoms with Crippen molar-refractivity contribution in [3.05, 3.63) is 0 Å². The summed E-state index contributed by atoms with van der Waals surface area (Å²) in [5.74, 6) is 0. The van der Waals surface area contributed by atoms with E-state index in [1.807, 2.05) is 0 Å². The summed E-state index contributed by atoms with van der Waals surface area (Å²) in [7, 11) is 0. The summed E-state index contributed by atoms with van der Waals surface area (Å²) in [6.07, 6.45) is 0. The minimum absolute atomic E-state index is 1.30. The molecular formula is O2Rh2. The zero-order valence-corrected chi connectivity index (χ0v) is 4.76. The van der Waals surface area contributed by atoms with Gasteiger partial charge in [0, 0.05) is 0 Å². The second-order valence-corrected chi connectivity index (χ2v) is 0. The van der Waals surface area contributed by atoms with Gasteiger partial charge < -0.3 is 0 Å². The molecule has 4 heteroatoms. The van der Waals surface area contributed by atoms with Crippen molar-refractivity contribution in [2.45, 2.75) is 0 Å². The fraction of sp³-hybridized carbons (Fsp3) is 0. The van der Waals surface area contributed by atoms with E-state index in [0.717, 1.165) is 0 Å². The fourth-order valence-electron chi connectivity index (χ4n) is 0. The predicted octanol–water partition coefficient (Wildman–Crippen LogP) is -0.243. The molecular weight excluding hydrogens is 238 g/mol. The summed E-state index contributed by atoms with van der Waals surface area (Å²) >= 11 is 2.60. The average Bonchev–Trinajstić information content (AvgIpc) is 1.50. The Balaban J connectivity index is 0. The molecule has 0 N–H and O–H groups in total. The Morgan fingerprint density at radius 1 is 0.750 bits per heavy atom. The molecule has 4 heavy (non-hydrogen) atoms. The number of hydrogen-bond acceptors (Lipinski definition) is 2.